The minimum Gasteiger partial charge on any atom is -0.464 e. The Kier molecular flexibility index (Phi) is 5.31. The van der Waals surface area contributed by atoms with Gasteiger partial charge in [0.15, 0.2) is 9.90 Å². The number of aliphatic hydroxyl groups excluding tert-OH is 1. The lowest BCUT2D eigenvalue weighted by Gasteiger charge is -2.17. The van der Waals surface area contributed by atoms with Crippen molar-refractivity contribution in [2.75, 3.05) is 20.3 Å². The fourth-order valence-corrected chi connectivity index (χ4v) is 4.83. The maximum atomic E-state index is 12.3. The molecule has 0 saturated heterocycles. The zero-order valence-corrected chi connectivity index (χ0v) is 13.2. The summed E-state index contributed by atoms with van der Waals surface area (Å²) in [5.41, 5.74) is 1.10. The number of hydrogen-bond donors (Lipinski definition) is 2. The molecule has 0 bridgehead atoms. The van der Waals surface area contributed by atoms with Crippen molar-refractivity contribution in [3.8, 4) is 0 Å². The van der Waals surface area contributed by atoms with Crippen molar-refractivity contribution >= 4 is 27.3 Å². The molecule has 2 atom stereocenters. The van der Waals surface area contributed by atoms with E-state index in [-0.39, 0.29) is 34.9 Å². The molecule has 1 aliphatic rings. The fraction of sp³-hybridized carbons (Fsp3) is 0.667. The molecule has 0 amide bonds. The van der Waals surface area contributed by atoms with Gasteiger partial charge in [0.25, 0.3) is 10.0 Å². The maximum absolute atomic E-state index is 12.3. The second kappa shape index (κ2) is 6.82. The number of esters is 1. The molecule has 1 aliphatic carbocycles. The summed E-state index contributed by atoms with van der Waals surface area (Å²) in [6, 6.07) is 0. The Morgan fingerprint density at radius 2 is 2.24 bits per heavy atom. The molecule has 0 aromatic carbocycles. The summed E-state index contributed by atoms with van der Waals surface area (Å²) in [7, 11) is -2.62. The fourth-order valence-electron chi connectivity index (χ4n) is 2.56. The molecule has 7 nitrogen and oxygen atoms in total. The van der Waals surface area contributed by atoms with Gasteiger partial charge in [0.2, 0.25) is 0 Å². The highest BCUT2D eigenvalue weighted by Gasteiger charge is 2.30. The number of hydrogen-bond acceptors (Lipinski definition) is 7. The van der Waals surface area contributed by atoms with Gasteiger partial charge in [0.1, 0.15) is 0 Å². The van der Waals surface area contributed by atoms with Crippen LogP contribution in [-0.2, 0) is 14.8 Å². The summed E-state index contributed by atoms with van der Waals surface area (Å²) < 4.78 is 31.5. The van der Waals surface area contributed by atoms with Crippen molar-refractivity contribution in [2.24, 2.45) is 11.8 Å². The van der Waals surface area contributed by atoms with E-state index in [4.69, 9.17) is 0 Å². The first-order valence-electron chi connectivity index (χ1n) is 6.62. The number of aliphatic hydroxyl groups is 1. The molecule has 2 unspecified atom stereocenters. The van der Waals surface area contributed by atoms with E-state index in [9.17, 15) is 18.3 Å². The average molecular weight is 334 g/mol. The predicted octanol–water partition coefficient (Wildman–Crippen LogP) is 0.617. The lowest BCUT2D eigenvalue weighted by molar-refractivity contribution is 0.0590. The second-order valence-electron chi connectivity index (χ2n) is 4.97. The Hall–Kier alpha value is -1.03. The largest absolute Gasteiger partial charge is 0.464 e. The smallest absolute Gasteiger partial charge is 0.358 e. The molecule has 0 aliphatic heterocycles. The third kappa shape index (κ3) is 3.60. The molecule has 9 heteroatoms. The molecule has 118 valence electrons. The third-order valence-electron chi connectivity index (χ3n) is 3.74. The predicted molar refractivity (Wildman–Crippen MR) is 76.6 cm³/mol. The maximum Gasteiger partial charge on any atom is 0.358 e. The van der Waals surface area contributed by atoms with Crippen LogP contribution in [0.1, 0.15) is 29.8 Å². The lowest BCUT2D eigenvalue weighted by Crippen LogP contribution is -2.32. The van der Waals surface area contributed by atoms with E-state index in [2.05, 4.69) is 14.4 Å². The van der Waals surface area contributed by atoms with Crippen molar-refractivity contribution in [1.29, 1.82) is 0 Å². The van der Waals surface area contributed by atoms with Gasteiger partial charge in [-0.25, -0.2) is 22.9 Å². The summed E-state index contributed by atoms with van der Waals surface area (Å²) in [4.78, 5) is 15.2. The van der Waals surface area contributed by atoms with Crippen LogP contribution in [0.2, 0.25) is 0 Å². The summed E-state index contributed by atoms with van der Waals surface area (Å²) in [6.07, 6.45) is 2.79. The van der Waals surface area contributed by atoms with Gasteiger partial charge in [-0.1, -0.05) is 6.42 Å². The number of rotatable bonds is 6. The Morgan fingerprint density at radius 3 is 2.90 bits per heavy atom. The van der Waals surface area contributed by atoms with E-state index < -0.39 is 16.0 Å². The monoisotopic (exact) mass is 334 g/mol. The quantitative estimate of drug-likeness (QED) is 0.739. The number of methoxy groups -OCH3 is 1. The van der Waals surface area contributed by atoms with Gasteiger partial charge in [-0.3, -0.25) is 0 Å². The molecule has 0 spiro atoms. The number of nitrogens with zero attached hydrogens (tertiary/aromatic N) is 1. The zero-order chi connectivity index (χ0) is 15.5. The number of sulfonamides is 1. The number of carbonyl (C=O) groups excluding carboxylic acids is 1. The van der Waals surface area contributed by atoms with Gasteiger partial charge in [0, 0.05) is 13.2 Å². The van der Waals surface area contributed by atoms with Crippen LogP contribution in [0.15, 0.2) is 9.72 Å². The van der Waals surface area contributed by atoms with Gasteiger partial charge < -0.3 is 9.84 Å². The number of aromatic nitrogens is 1. The highest BCUT2D eigenvalue weighted by atomic mass is 32.2. The molecule has 1 heterocycles. The van der Waals surface area contributed by atoms with Crippen LogP contribution in [0.4, 0.5) is 0 Å². The van der Waals surface area contributed by atoms with E-state index in [1.165, 1.54) is 12.6 Å². The Balaban J connectivity index is 2.09. The minimum absolute atomic E-state index is 0.0698. The van der Waals surface area contributed by atoms with Gasteiger partial charge >= 0.3 is 5.97 Å². The van der Waals surface area contributed by atoms with Gasteiger partial charge in [-0.2, -0.15) is 0 Å². The van der Waals surface area contributed by atoms with Crippen LogP contribution in [0.5, 0.6) is 0 Å². The van der Waals surface area contributed by atoms with E-state index >= 15 is 0 Å². The normalized spacial score (nSPS) is 22.4. The average Bonchev–Trinajstić information content (AvgIpc) is 3.12. The van der Waals surface area contributed by atoms with Crippen molar-refractivity contribution < 1.29 is 23.1 Å². The number of ether oxygens (including phenoxy) is 1. The molecule has 2 N–H and O–H groups in total. The molecule has 1 aromatic heterocycles. The van der Waals surface area contributed by atoms with Gasteiger partial charge in [-0.15, -0.1) is 11.3 Å². The molecule has 1 saturated carbocycles. The molecule has 1 fully saturated rings. The molecular weight excluding hydrogens is 316 g/mol. The van der Waals surface area contributed by atoms with Crippen LogP contribution in [0.3, 0.4) is 0 Å². The van der Waals surface area contributed by atoms with Crippen LogP contribution in [0.25, 0.3) is 0 Å². The molecule has 21 heavy (non-hydrogen) atoms. The second-order valence-corrected chi connectivity index (χ2v) is 7.78. The Labute approximate surface area is 127 Å². The minimum atomic E-state index is -3.80. The summed E-state index contributed by atoms with van der Waals surface area (Å²) in [5, 5.41) is 9.25. The van der Waals surface area contributed by atoms with E-state index in [1.807, 2.05) is 0 Å². The van der Waals surface area contributed by atoms with Crippen molar-refractivity contribution in [3.05, 3.63) is 11.2 Å². The first kappa shape index (κ1) is 16.3. The number of nitrogens with one attached hydrogen (secondary N) is 1. The van der Waals surface area contributed by atoms with Crippen molar-refractivity contribution in [3.63, 3.8) is 0 Å². The summed E-state index contributed by atoms with van der Waals surface area (Å²) in [5.74, 6) is -0.515. The first-order valence-corrected chi connectivity index (χ1v) is 8.98. The highest BCUT2D eigenvalue weighted by Crippen LogP contribution is 2.31. The zero-order valence-electron chi connectivity index (χ0n) is 11.6. The third-order valence-corrected chi connectivity index (χ3v) is 6.54. The first-order chi connectivity index (χ1) is 9.99. The van der Waals surface area contributed by atoms with Crippen molar-refractivity contribution in [1.82, 2.24) is 9.71 Å². The van der Waals surface area contributed by atoms with Crippen molar-refractivity contribution in [2.45, 2.75) is 23.5 Å². The number of thiazole rings is 1. The molecule has 2 rings (SSSR count). The molecule has 0 radical (unpaired) electrons. The number of carbonyl (C=O) groups is 1. The van der Waals surface area contributed by atoms with Crippen LogP contribution in [0, 0.1) is 11.8 Å². The molecular formula is C12H18N2O5S2. The van der Waals surface area contributed by atoms with E-state index in [1.54, 1.807) is 0 Å². The van der Waals surface area contributed by atoms with E-state index in [0.717, 1.165) is 30.6 Å². The Morgan fingerprint density at radius 1 is 1.52 bits per heavy atom. The molecule has 1 aromatic rings. The van der Waals surface area contributed by atoms with Crippen LogP contribution in [-0.4, -0.2) is 44.7 Å². The SMILES string of the molecule is COC(=O)c1ncsc1S(=O)(=O)NCC1CCCC1CO. The Bertz CT molecular complexity index is 599. The van der Waals surface area contributed by atoms with Gasteiger partial charge in [0.05, 0.1) is 12.6 Å². The van der Waals surface area contributed by atoms with Gasteiger partial charge in [-0.05, 0) is 24.7 Å². The van der Waals surface area contributed by atoms with E-state index in [0.29, 0.717) is 0 Å². The van der Waals surface area contributed by atoms with Crippen LogP contribution >= 0.6 is 11.3 Å². The summed E-state index contributed by atoms with van der Waals surface area (Å²) in [6.45, 7) is 0.326. The topological polar surface area (TPSA) is 106 Å². The lowest BCUT2D eigenvalue weighted by atomic mass is 9.97. The summed E-state index contributed by atoms with van der Waals surface area (Å²) >= 11 is 0.877. The van der Waals surface area contributed by atoms with Crippen LogP contribution < -0.4 is 4.72 Å². The highest BCUT2D eigenvalue weighted by molar-refractivity contribution is 7.91. The standard InChI is InChI=1S/C12H18N2O5S2/c1-19-11(16)10-12(20-7-13-10)21(17,18)14-5-8-3-2-4-9(8)6-15/h7-9,14-15H,2-6H2,1H3.